The largest absolute Gasteiger partial charge is 1.00 e. The molecular formula is C21H18ClN2NaO4S. The second kappa shape index (κ2) is 12.0. The first-order valence-electron chi connectivity index (χ1n) is 8.62. The molecule has 1 heterocycles. The molecule has 0 atom stereocenters. The maximum Gasteiger partial charge on any atom is 1.00 e. The number of carboxylic acids is 1. The molecule has 9 heteroatoms. The van der Waals surface area contributed by atoms with E-state index >= 15 is 0 Å². The van der Waals surface area contributed by atoms with Gasteiger partial charge in [-0.1, -0.05) is 41.9 Å². The minimum atomic E-state index is -1.13. The van der Waals surface area contributed by atoms with Crippen molar-refractivity contribution in [2.24, 2.45) is 0 Å². The molecule has 0 radical (unpaired) electrons. The third-order valence-corrected chi connectivity index (χ3v) is 4.94. The molecule has 0 amide bonds. The van der Waals surface area contributed by atoms with E-state index in [0.717, 1.165) is 17.3 Å². The first kappa shape index (κ1) is 24.2. The maximum absolute atomic E-state index is 12.3. The number of nitrogens with zero attached hydrogens (tertiary/aromatic N) is 1. The quantitative estimate of drug-likeness (QED) is 0.398. The number of aromatic carboxylic acids is 1. The second-order valence-electron chi connectivity index (χ2n) is 5.90. The molecule has 2 aromatic carbocycles. The van der Waals surface area contributed by atoms with Crippen molar-refractivity contribution in [3.63, 3.8) is 0 Å². The van der Waals surface area contributed by atoms with Gasteiger partial charge < -0.3 is 16.6 Å². The molecule has 0 fully saturated rings. The summed E-state index contributed by atoms with van der Waals surface area (Å²) in [6.45, 7) is 0.318. The first-order valence-corrected chi connectivity index (χ1v) is 9.81. The minimum Gasteiger partial charge on any atom is -1.00 e. The number of halogens is 1. The summed E-state index contributed by atoms with van der Waals surface area (Å²) >= 11 is 6.84. The van der Waals surface area contributed by atoms with Crippen LogP contribution in [-0.4, -0.2) is 27.7 Å². The van der Waals surface area contributed by atoms with Crippen LogP contribution in [0, 0.1) is 0 Å². The fourth-order valence-electron chi connectivity index (χ4n) is 2.45. The number of hydrogen-bond donors (Lipinski definition) is 2. The standard InChI is InChI=1S/C21H17ClN2O4S.Na.H/c22-15-8-9-18(28-13-14-5-2-1-3-6-14)17(11-15)24-12-19(25)29-20-16(21(26)27)7-4-10-23-20;;/h1-11,24H,12-13H2,(H,26,27);;/q;+1;-1. The fourth-order valence-corrected chi connectivity index (χ4v) is 3.36. The Hall–Kier alpha value is -2.03. The number of benzene rings is 2. The molecule has 0 spiro atoms. The van der Waals surface area contributed by atoms with E-state index in [1.54, 1.807) is 18.2 Å². The summed E-state index contributed by atoms with van der Waals surface area (Å²) in [6.07, 6.45) is 1.45. The zero-order valence-electron chi connectivity index (χ0n) is 17.2. The Balaban J connectivity index is 0.00000240. The van der Waals surface area contributed by atoms with Crippen LogP contribution in [0.3, 0.4) is 0 Å². The van der Waals surface area contributed by atoms with E-state index in [9.17, 15) is 14.7 Å². The number of anilines is 1. The molecule has 150 valence electrons. The van der Waals surface area contributed by atoms with Crippen molar-refractivity contribution in [2.45, 2.75) is 11.6 Å². The second-order valence-corrected chi connectivity index (χ2v) is 7.39. The van der Waals surface area contributed by atoms with Gasteiger partial charge in [0.05, 0.1) is 17.8 Å². The van der Waals surface area contributed by atoms with Crippen LogP contribution in [-0.2, 0) is 11.4 Å². The van der Waals surface area contributed by atoms with Crippen LogP contribution in [0.1, 0.15) is 17.3 Å². The van der Waals surface area contributed by atoms with Gasteiger partial charge in [0.1, 0.15) is 17.4 Å². The average Bonchev–Trinajstić information content (AvgIpc) is 2.72. The molecule has 1 aromatic heterocycles. The Kier molecular flexibility index (Phi) is 9.68. The SMILES string of the molecule is O=C(CNc1cc(Cl)ccc1OCc1ccccc1)Sc1ncccc1C(=O)O.[H-].[Na+]. The smallest absolute Gasteiger partial charge is 1.00 e. The summed E-state index contributed by atoms with van der Waals surface area (Å²) in [5.41, 5.74) is 1.57. The number of rotatable bonds is 8. The van der Waals surface area contributed by atoms with Gasteiger partial charge in [0, 0.05) is 11.2 Å². The number of carbonyl (C=O) groups is 2. The number of ether oxygens (including phenoxy) is 1. The van der Waals surface area contributed by atoms with Crippen molar-refractivity contribution in [2.75, 3.05) is 11.9 Å². The molecule has 0 unspecified atom stereocenters. The van der Waals surface area contributed by atoms with Gasteiger partial charge >= 0.3 is 35.5 Å². The average molecular weight is 453 g/mol. The van der Waals surface area contributed by atoms with E-state index in [-0.39, 0.29) is 53.2 Å². The molecular weight excluding hydrogens is 435 g/mol. The number of aromatic nitrogens is 1. The van der Waals surface area contributed by atoms with Gasteiger partial charge in [-0.2, -0.15) is 0 Å². The fraction of sp³-hybridized carbons (Fsp3) is 0.0952. The third-order valence-electron chi connectivity index (χ3n) is 3.81. The summed E-state index contributed by atoms with van der Waals surface area (Å²) in [5.74, 6) is -0.576. The number of pyridine rings is 1. The predicted molar refractivity (Wildman–Crippen MR) is 114 cm³/mol. The molecule has 0 aliphatic heterocycles. The van der Waals surface area contributed by atoms with E-state index in [1.165, 1.54) is 18.3 Å². The molecule has 0 saturated heterocycles. The van der Waals surface area contributed by atoms with Gasteiger partial charge in [-0.15, -0.1) is 0 Å². The van der Waals surface area contributed by atoms with Crippen LogP contribution in [0.5, 0.6) is 5.75 Å². The van der Waals surface area contributed by atoms with Crippen molar-refractivity contribution in [3.05, 3.63) is 83.0 Å². The molecule has 0 aliphatic carbocycles. The molecule has 2 N–H and O–H groups in total. The summed E-state index contributed by atoms with van der Waals surface area (Å²) in [6, 6.07) is 17.7. The van der Waals surface area contributed by atoms with E-state index in [4.69, 9.17) is 16.3 Å². The van der Waals surface area contributed by atoms with Crippen LogP contribution in [0.4, 0.5) is 5.69 Å². The normalized spacial score (nSPS) is 10.0. The van der Waals surface area contributed by atoms with Crippen molar-refractivity contribution in [3.8, 4) is 5.75 Å². The number of carboxylic acid groups (broad SMARTS) is 1. The van der Waals surface area contributed by atoms with Crippen LogP contribution < -0.4 is 39.6 Å². The predicted octanol–water partition coefficient (Wildman–Crippen LogP) is 1.86. The van der Waals surface area contributed by atoms with Gasteiger partial charge in [0.2, 0.25) is 5.12 Å². The van der Waals surface area contributed by atoms with E-state index in [1.807, 2.05) is 30.3 Å². The minimum absolute atomic E-state index is 0. The van der Waals surface area contributed by atoms with Crippen molar-refractivity contribution >= 4 is 40.1 Å². The van der Waals surface area contributed by atoms with Crippen LogP contribution in [0.25, 0.3) is 0 Å². The summed E-state index contributed by atoms with van der Waals surface area (Å²) in [7, 11) is 0. The zero-order chi connectivity index (χ0) is 20.6. The number of carbonyl (C=O) groups excluding carboxylic acids is 1. The van der Waals surface area contributed by atoms with Crippen molar-refractivity contribution in [1.29, 1.82) is 0 Å². The Morgan fingerprint density at radius 1 is 1.13 bits per heavy atom. The maximum atomic E-state index is 12.3. The number of hydrogen-bond acceptors (Lipinski definition) is 6. The molecule has 3 aromatic rings. The molecule has 0 aliphatic rings. The summed E-state index contributed by atoms with van der Waals surface area (Å²) < 4.78 is 5.85. The van der Waals surface area contributed by atoms with Gasteiger partial charge in [-0.05, 0) is 47.7 Å². The summed E-state index contributed by atoms with van der Waals surface area (Å²) in [5, 5.41) is 12.6. The topological polar surface area (TPSA) is 88.5 Å². The molecule has 0 bridgehead atoms. The van der Waals surface area contributed by atoms with Gasteiger partial charge in [-0.3, -0.25) is 4.79 Å². The Morgan fingerprint density at radius 3 is 2.63 bits per heavy atom. The molecule has 6 nitrogen and oxygen atoms in total. The monoisotopic (exact) mass is 452 g/mol. The number of nitrogens with one attached hydrogen (secondary N) is 1. The van der Waals surface area contributed by atoms with E-state index in [0.29, 0.717) is 23.1 Å². The number of thioether (sulfide) groups is 1. The van der Waals surface area contributed by atoms with E-state index in [2.05, 4.69) is 10.3 Å². The molecule has 3 rings (SSSR count). The first-order chi connectivity index (χ1) is 14.0. The van der Waals surface area contributed by atoms with Gasteiger partial charge in [0.25, 0.3) is 0 Å². The Labute approximate surface area is 206 Å². The zero-order valence-corrected chi connectivity index (χ0v) is 19.7. The van der Waals surface area contributed by atoms with Gasteiger partial charge in [0.15, 0.2) is 0 Å². The van der Waals surface area contributed by atoms with Gasteiger partial charge in [-0.25, -0.2) is 9.78 Å². The Morgan fingerprint density at radius 2 is 1.90 bits per heavy atom. The molecule has 0 saturated carbocycles. The van der Waals surface area contributed by atoms with Crippen LogP contribution >= 0.6 is 23.4 Å². The Bertz CT molecular complexity index is 1030. The summed E-state index contributed by atoms with van der Waals surface area (Å²) in [4.78, 5) is 27.5. The van der Waals surface area contributed by atoms with E-state index < -0.39 is 5.97 Å². The third kappa shape index (κ3) is 7.04. The molecule has 30 heavy (non-hydrogen) atoms. The van der Waals surface area contributed by atoms with Crippen LogP contribution in [0.15, 0.2) is 71.9 Å². The van der Waals surface area contributed by atoms with Crippen molar-refractivity contribution in [1.82, 2.24) is 4.98 Å². The van der Waals surface area contributed by atoms with Crippen LogP contribution in [0.2, 0.25) is 5.02 Å². The van der Waals surface area contributed by atoms with Crippen molar-refractivity contribution < 1.29 is 50.4 Å².